The monoisotopic (exact) mass is 272 g/mol. The first-order valence-corrected chi connectivity index (χ1v) is 4.47. The van der Waals surface area contributed by atoms with E-state index < -0.39 is 34.5 Å². The van der Waals surface area contributed by atoms with E-state index in [4.69, 9.17) is 11.6 Å². The molecule has 0 aliphatic heterocycles. The van der Waals surface area contributed by atoms with Crippen molar-refractivity contribution in [2.24, 2.45) is 0 Å². The lowest BCUT2D eigenvalue weighted by atomic mass is 10.3. The van der Waals surface area contributed by atoms with Crippen molar-refractivity contribution >= 4 is 17.3 Å². The molecular formula is C7H4ClF3N2O4. The highest BCUT2D eigenvalue weighted by molar-refractivity contribution is 6.17. The van der Waals surface area contributed by atoms with Gasteiger partial charge < -0.3 is 9.84 Å². The van der Waals surface area contributed by atoms with Crippen LogP contribution in [0.5, 0.6) is 11.6 Å². The van der Waals surface area contributed by atoms with E-state index in [1.54, 1.807) is 0 Å². The normalized spacial score (nSPS) is 11.3. The van der Waals surface area contributed by atoms with Gasteiger partial charge in [0.2, 0.25) is 0 Å². The molecule has 0 aromatic carbocycles. The van der Waals surface area contributed by atoms with Gasteiger partial charge >= 0.3 is 17.9 Å². The molecular weight excluding hydrogens is 269 g/mol. The minimum absolute atomic E-state index is 0.350. The van der Waals surface area contributed by atoms with Crippen molar-refractivity contribution in [1.29, 1.82) is 0 Å². The molecule has 1 aromatic rings. The summed E-state index contributed by atoms with van der Waals surface area (Å²) < 4.78 is 39.2. The van der Waals surface area contributed by atoms with Crippen LogP contribution in [0.4, 0.5) is 18.9 Å². The number of halogens is 4. The highest BCUT2D eigenvalue weighted by Crippen LogP contribution is 2.34. The summed E-state index contributed by atoms with van der Waals surface area (Å²) in [5, 5.41) is 19.6. The van der Waals surface area contributed by atoms with Crippen LogP contribution < -0.4 is 4.74 Å². The molecule has 0 saturated heterocycles. The smallest absolute Gasteiger partial charge is 0.506 e. The van der Waals surface area contributed by atoms with E-state index in [0.29, 0.717) is 6.07 Å². The predicted molar refractivity (Wildman–Crippen MR) is 48.8 cm³/mol. The summed E-state index contributed by atoms with van der Waals surface area (Å²) in [7, 11) is 0. The van der Waals surface area contributed by atoms with Crippen LogP contribution in [0.25, 0.3) is 0 Å². The number of rotatable bonds is 3. The van der Waals surface area contributed by atoms with Crippen molar-refractivity contribution in [2.75, 3.05) is 0 Å². The van der Waals surface area contributed by atoms with E-state index in [2.05, 4.69) is 9.72 Å². The number of hydrogen-bond donors (Lipinski definition) is 1. The number of pyridine rings is 1. The van der Waals surface area contributed by atoms with Crippen molar-refractivity contribution in [2.45, 2.75) is 12.2 Å². The van der Waals surface area contributed by atoms with Gasteiger partial charge in [0.25, 0.3) is 0 Å². The van der Waals surface area contributed by atoms with Crippen molar-refractivity contribution in [3.8, 4) is 11.6 Å². The molecule has 0 bridgehead atoms. The van der Waals surface area contributed by atoms with Crippen LogP contribution >= 0.6 is 11.6 Å². The highest BCUT2D eigenvalue weighted by Gasteiger charge is 2.36. The summed E-state index contributed by atoms with van der Waals surface area (Å²) in [5.41, 5.74) is -1.45. The molecule has 0 aliphatic carbocycles. The third kappa shape index (κ3) is 3.34. The highest BCUT2D eigenvalue weighted by atomic mass is 35.5. The SMILES string of the molecule is O=[N+]([O-])c1cc(O)c(CCl)nc1OC(F)(F)F. The van der Waals surface area contributed by atoms with Crippen LogP contribution in [0, 0.1) is 10.1 Å². The first-order valence-electron chi connectivity index (χ1n) is 3.93. The van der Waals surface area contributed by atoms with E-state index in [0.717, 1.165) is 0 Å². The van der Waals surface area contributed by atoms with Gasteiger partial charge in [-0.2, -0.15) is 0 Å². The second-order valence-electron chi connectivity index (χ2n) is 2.72. The molecule has 17 heavy (non-hydrogen) atoms. The van der Waals surface area contributed by atoms with E-state index in [-0.39, 0.29) is 5.69 Å². The summed E-state index contributed by atoms with van der Waals surface area (Å²) in [6.45, 7) is 0. The predicted octanol–water partition coefficient (Wildman–Crippen LogP) is 2.33. The molecule has 10 heteroatoms. The lowest BCUT2D eigenvalue weighted by Crippen LogP contribution is -2.19. The maximum absolute atomic E-state index is 11.9. The largest absolute Gasteiger partial charge is 0.574 e. The van der Waals surface area contributed by atoms with Crippen LogP contribution in [0.15, 0.2) is 6.07 Å². The van der Waals surface area contributed by atoms with Gasteiger partial charge in [-0.05, 0) is 0 Å². The summed E-state index contributed by atoms with van der Waals surface area (Å²) in [5.74, 6) is -2.37. The number of alkyl halides is 4. The third-order valence-electron chi connectivity index (χ3n) is 1.56. The van der Waals surface area contributed by atoms with Gasteiger partial charge in [0.15, 0.2) is 0 Å². The second-order valence-corrected chi connectivity index (χ2v) is 2.98. The maximum atomic E-state index is 11.9. The van der Waals surface area contributed by atoms with Crippen LogP contribution in [0.3, 0.4) is 0 Å². The van der Waals surface area contributed by atoms with E-state index >= 15 is 0 Å². The minimum Gasteiger partial charge on any atom is -0.506 e. The number of nitrogens with zero attached hydrogens (tertiary/aromatic N) is 2. The van der Waals surface area contributed by atoms with E-state index in [1.165, 1.54) is 0 Å². The Morgan fingerprint density at radius 3 is 2.59 bits per heavy atom. The van der Waals surface area contributed by atoms with Gasteiger partial charge in [0.1, 0.15) is 11.4 Å². The standard InChI is InChI=1S/C7H4ClF3N2O4/c8-2-3-5(14)1-4(13(15)16)6(12-3)17-7(9,10)11/h1,14H,2H2. The Labute approximate surface area is 96.7 Å². The van der Waals surface area contributed by atoms with Gasteiger partial charge in [-0.15, -0.1) is 24.8 Å². The average molecular weight is 273 g/mol. The summed E-state index contributed by atoms with van der Waals surface area (Å²) in [6, 6.07) is 0.492. The first-order chi connectivity index (χ1) is 7.74. The van der Waals surface area contributed by atoms with Crippen LogP contribution in [0.2, 0.25) is 0 Å². The van der Waals surface area contributed by atoms with Crippen molar-refractivity contribution in [3.63, 3.8) is 0 Å². The Morgan fingerprint density at radius 2 is 2.18 bits per heavy atom. The Balaban J connectivity index is 3.29. The molecule has 1 heterocycles. The zero-order valence-corrected chi connectivity index (χ0v) is 8.62. The topological polar surface area (TPSA) is 85.5 Å². The lowest BCUT2D eigenvalue weighted by Gasteiger charge is -2.09. The number of hydrogen-bond acceptors (Lipinski definition) is 5. The second kappa shape index (κ2) is 4.62. The fourth-order valence-corrected chi connectivity index (χ4v) is 1.12. The fraction of sp³-hybridized carbons (Fsp3) is 0.286. The molecule has 1 rings (SSSR count). The van der Waals surface area contributed by atoms with Crippen molar-refractivity contribution < 1.29 is 27.9 Å². The molecule has 94 valence electrons. The zero-order valence-electron chi connectivity index (χ0n) is 7.86. The maximum Gasteiger partial charge on any atom is 0.574 e. The Kier molecular flexibility index (Phi) is 3.61. The van der Waals surface area contributed by atoms with E-state index in [1.807, 2.05) is 0 Å². The van der Waals surface area contributed by atoms with Crippen LogP contribution in [-0.2, 0) is 5.88 Å². The number of aromatic hydroxyl groups is 1. The summed E-state index contributed by atoms with van der Waals surface area (Å²) in [6.07, 6.45) is -5.13. The molecule has 1 aromatic heterocycles. The molecule has 0 radical (unpaired) electrons. The fourth-order valence-electron chi connectivity index (χ4n) is 0.926. The molecule has 0 atom stereocenters. The molecule has 0 saturated carbocycles. The molecule has 0 aliphatic rings. The van der Waals surface area contributed by atoms with Gasteiger partial charge in [-0.3, -0.25) is 10.1 Å². The summed E-state index contributed by atoms with van der Waals surface area (Å²) >= 11 is 5.28. The Morgan fingerprint density at radius 1 is 1.59 bits per heavy atom. The number of nitro groups is 1. The third-order valence-corrected chi connectivity index (χ3v) is 1.81. The van der Waals surface area contributed by atoms with E-state index in [9.17, 15) is 28.4 Å². The van der Waals surface area contributed by atoms with Crippen LogP contribution in [0.1, 0.15) is 5.69 Å². The lowest BCUT2D eigenvalue weighted by molar-refractivity contribution is -0.389. The van der Waals surface area contributed by atoms with Crippen molar-refractivity contribution in [1.82, 2.24) is 4.98 Å². The zero-order chi connectivity index (χ0) is 13.2. The Hall–Kier alpha value is -1.77. The molecule has 6 nitrogen and oxygen atoms in total. The Bertz CT molecular complexity index is 451. The molecule has 0 unspecified atom stereocenters. The molecule has 1 N–H and O–H groups in total. The number of ether oxygens (including phenoxy) is 1. The first kappa shape index (κ1) is 13.3. The van der Waals surface area contributed by atoms with Crippen molar-refractivity contribution in [3.05, 3.63) is 21.9 Å². The molecule has 0 amide bonds. The molecule has 0 spiro atoms. The number of aromatic nitrogens is 1. The summed E-state index contributed by atoms with van der Waals surface area (Å²) in [4.78, 5) is 12.4. The quantitative estimate of drug-likeness (QED) is 0.518. The van der Waals surface area contributed by atoms with Gasteiger partial charge in [-0.1, -0.05) is 0 Å². The van der Waals surface area contributed by atoms with Gasteiger partial charge in [0, 0.05) is 0 Å². The van der Waals surface area contributed by atoms with Crippen LogP contribution in [-0.4, -0.2) is 21.4 Å². The molecule has 0 fully saturated rings. The minimum atomic E-state index is -5.13. The van der Waals surface area contributed by atoms with Gasteiger partial charge in [0.05, 0.1) is 16.9 Å². The van der Waals surface area contributed by atoms with Gasteiger partial charge in [-0.25, -0.2) is 4.98 Å². The average Bonchev–Trinajstić information content (AvgIpc) is 2.17.